The van der Waals surface area contributed by atoms with E-state index in [1.807, 2.05) is 6.92 Å². The molecule has 19 heavy (non-hydrogen) atoms. The van der Waals surface area contributed by atoms with E-state index in [1.165, 1.54) is 12.1 Å². The van der Waals surface area contributed by atoms with Gasteiger partial charge in [-0.25, -0.2) is 0 Å². The summed E-state index contributed by atoms with van der Waals surface area (Å²) in [5, 5.41) is 0. The lowest BCUT2D eigenvalue weighted by atomic mass is 10.2. The number of carbonyl (C=O) groups excluding carboxylic acids is 1. The highest BCUT2D eigenvalue weighted by Gasteiger charge is 2.07. The predicted molar refractivity (Wildman–Crippen MR) is 71.3 cm³/mol. The van der Waals surface area contributed by atoms with Crippen LogP contribution >= 0.6 is 0 Å². The number of hydrogen-bond acceptors (Lipinski definition) is 5. The van der Waals surface area contributed by atoms with Crippen LogP contribution in [0.4, 0.5) is 0 Å². The number of nitrogens with two attached hydrogens (primary N) is 1. The van der Waals surface area contributed by atoms with E-state index in [0.717, 1.165) is 5.56 Å². The Morgan fingerprint density at radius 3 is 2.11 bits per heavy atom. The summed E-state index contributed by atoms with van der Waals surface area (Å²) < 4.78 is 34.1. The molecular weight excluding hydrogens is 270 g/mol. The van der Waals surface area contributed by atoms with Crippen molar-refractivity contribution in [3.8, 4) is 0 Å². The van der Waals surface area contributed by atoms with E-state index in [1.54, 1.807) is 26.0 Å². The maximum Gasteiger partial charge on any atom is 0.322 e. The molecule has 0 aliphatic carbocycles. The molecule has 0 saturated carbocycles. The Hall–Kier alpha value is -1.44. The molecule has 0 saturated heterocycles. The third-order valence-electron chi connectivity index (χ3n) is 1.98. The Kier molecular flexibility index (Phi) is 7.28. The maximum absolute atomic E-state index is 10.5. The quantitative estimate of drug-likeness (QED) is 0.638. The molecule has 1 atom stereocenters. The Balaban J connectivity index is 0.000000362. The van der Waals surface area contributed by atoms with Crippen molar-refractivity contribution in [3.05, 3.63) is 29.8 Å². The van der Waals surface area contributed by atoms with Gasteiger partial charge in [-0.3, -0.25) is 9.35 Å². The minimum Gasteiger partial charge on any atom is -0.465 e. The first-order valence-corrected chi connectivity index (χ1v) is 7.08. The molecule has 0 fully saturated rings. The number of hydrogen-bond donors (Lipinski definition) is 2. The van der Waals surface area contributed by atoms with Crippen LogP contribution in [0.15, 0.2) is 29.2 Å². The number of benzene rings is 1. The predicted octanol–water partition coefficient (Wildman–Crippen LogP) is 1.14. The van der Waals surface area contributed by atoms with Crippen molar-refractivity contribution in [3.63, 3.8) is 0 Å². The van der Waals surface area contributed by atoms with E-state index < -0.39 is 16.2 Å². The third kappa shape index (κ3) is 7.55. The smallest absolute Gasteiger partial charge is 0.322 e. The molecule has 1 aromatic carbocycles. The normalized spacial score (nSPS) is 12.1. The van der Waals surface area contributed by atoms with E-state index in [-0.39, 0.29) is 10.9 Å². The molecule has 6 nitrogen and oxygen atoms in total. The van der Waals surface area contributed by atoms with Gasteiger partial charge < -0.3 is 10.5 Å². The van der Waals surface area contributed by atoms with E-state index >= 15 is 0 Å². The second-order valence-electron chi connectivity index (χ2n) is 3.83. The summed E-state index contributed by atoms with van der Waals surface area (Å²) >= 11 is 0. The highest BCUT2D eigenvalue weighted by molar-refractivity contribution is 7.85. The largest absolute Gasteiger partial charge is 0.465 e. The molecule has 1 aromatic rings. The molecule has 0 aromatic heterocycles. The highest BCUT2D eigenvalue weighted by atomic mass is 32.2. The van der Waals surface area contributed by atoms with Crippen LogP contribution in [0.5, 0.6) is 0 Å². The van der Waals surface area contributed by atoms with Crippen LogP contribution in [-0.2, 0) is 19.6 Å². The van der Waals surface area contributed by atoms with Crippen molar-refractivity contribution in [2.45, 2.75) is 31.7 Å². The summed E-state index contributed by atoms with van der Waals surface area (Å²) in [6, 6.07) is 5.50. The summed E-state index contributed by atoms with van der Waals surface area (Å²) in [5.74, 6) is -0.340. The summed E-state index contributed by atoms with van der Waals surface area (Å²) in [5.41, 5.74) is 6.10. The lowest BCUT2D eigenvalue weighted by Gasteiger charge is -2.02. The van der Waals surface area contributed by atoms with Crippen molar-refractivity contribution in [1.29, 1.82) is 0 Å². The van der Waals surface area contributed by atoms with Crippen LogP contribution in [-0.4, -0.2) is 31.6 Å². The SMILES string of the molecule is CCOC(=O)C(C)N.Cc1ccc(S(=O)(=O)O)cc1. The molecule has 0 heterocycles. The molecule has 0 spiro atoms. The van der Waals surface area contributed by atoms with Gasteiger partial charge in [-0.15, -0.1) is 0 Å². The zero-order valence-electron chi connectivity index (χ0n) is 11.2. The van der Waals surface area contributed by atoms with Gasteiger partial charge in [-0.05, 0) is 32.9 Å². The van der Waals surface area contributed by atoms with Crippen LogP contribution in [0.2, 0.25) is 0 Å². The summed E-state index contributed by atoms with van der Waals surface area (Å²) in [6.07, 6.45) is 0. The van der Waals surface area contributed by atoms with Crippen LogP contribution in [0.1, 0.15) is 19.4 Å². The molecule has 108 valence electrons. The number of aryl methyl sites for hydroxylation is 1. The van der Waals surface area contributed by atoms with Gasteiger partial charge in [0.1, 0.15) is 6.04 Å². The average molecular weight is 289 g/mol. The molecule has 1 rings (SSSR count). The molecule has 0 radical (unpaired) electrons. The average Bonchev–Trinajstić information content (AvgIpc) is 2.29. The molecule has 7 heteroatoms. The molecule has 0 amide bonds. The summed E-state index contributed by atoms with van der Waals surface area (Å²) in [6.45, 7) is 5.59. The number of ether oxygens (including phenoxy) is 1. The Labute approximate surface area is 113 Å². The van der Waals surface area contributed by atoms with Gasteiger partial charge in [0.25, 0.3) is 10.1 Å². The monoisotopic (exact) mass is 289 g/mol. The second-order valence-corrected chi connectivity index (χ2v) is 5.25. The lowest BCUT2D eigenvalue weighted by molar-refractivity contribution is -0.144. The van der Waals surface area contributed by atoms with Gasteiger partial charge in [-0.1, -0.05) is 17.7 Å². The first kappa shape index (κ1) is 17.6. The minimum atomic E-state index is -4.02. The Morgan fingerprint density at radius 1 is 1.37 bits per heavy atom. The fourth-order valence-corrected chi connectivity index (χ4v) is 1.46. The van der Waals surface area contributed by atoms with Crippen molar-refractivity contribution in [2.24, 2.45) is 5.73 Å². The highest BCUT2D eigenvalue weighted by Crippen LogP contribution is 2.08. The zero-order valence-corrected chi connectivity index (χ0v) is 12.0. The van der Waals surface area contributed by atoms with Gasteiger partial charge in [0, 0.05) is 0 Å². The summed E-state index contributed by atoms with van der Waals surface area (Å²) in [4.78, 5) is 10.3. The van der Waals surface area contributed by atoms with Crippen LogP contribution in [0.25, 0.3) is 0 Å². The van der Waals surface area contributed by atoms with E-state index in [0.29, 0.717) is 6.61 Å². The van der Waals surface area contributed by atoms with Crippen LogP contribution < -0.4 is 5.73 Å². The van der Waals surface area contributed by atoms with Crippen molar-refractivity contribution in [1.82, 2.24) is 0 Å². The number of esters is 1. The van der Waals surface area contributed by atoms with Gasteiger partial charge >= 0.3 is 5.97 Å². The van der Waals surface area contributed by atoms with Crippen molar-refractivity contribution < 1.29 is 22.5 Å². The third-order valence-corrected chi connectivity index (χ3v) is 2.85. The van der Waals surface area contributed by atoms with E-state index in [4.69, 9.17) is 10.3 Å². The number of carbonyl (C=O) groups is 1. The van der Waals surface area contributed by atoms with Gasteiger partial charge in [0.15, 0.2) is 0 Å². The standard InChI is InChI=1S/C7H8O3S.C5H11NO2/c1-6-2-4-7(5-3-6)11(8,9)10;1-3-8-5(7)4(2)6/h2-5H,1H3,(H,8,9,10);4H,3,6H2,1-2H3. The fourth-order valence-electron chi connectivity index (χ4n) is 0.984. The molecule has 3 N–H and O–H groups in total. The topological polar surface area (TPSA) is 107 Å². The fraction of sp³-hybridized carbons (Fsp3) is 0.417. The lowest BCUT2D eigenvalue weighted by Crippen LogP contribution is -2.28. The molecule has 0 aliphatic heterocycles. The van der Waals surface area contributed by atoms with Crippen LogP contribution in [0, 0.1) is 6.92 Å². The van der Waals surface area contributed by atoms with Crippen LogP contribution in [0.3, 0.4) is 0 Å². The van der Waals surface area contributed by atoms with Crippen molar-refractivity contribution >= 4 is 16.1 Å². The number of rotatable bonds is 3. The molecule has 1 unspecified atom stereocenters. The van der Waals surface area contributed by atoms with E-state index in [9.17, 15) is 13.2 Å². The maximum atomic E-state index is 10.5. The first-order valence-electron chi connectivity index (χ1n) is 5.64. The molecule has 0 bridgehead atoms. The summed E-state index contributed by atoms with van der Waals surface area (Å²) in [7, 11) is -4.02. The van der Waals surface area contributed by atoms with Crippen molar-refractivity contribution in [2.75, 3.05) is 6.61 Å². The van der Waals surface area contributed by atoms with Gasteiger partial charge in [-0.2, -0.15) is 8.42 Å². The van der Waals surface area contributed by atoms with Gasteiger partial charge in [0.2, 0.25) is 0 Å². The molecule has 0 aliphatic rings. The Bertz CT molecular complexity index is 493. The zero-order chi connectivity index (χ0) is 15.1. The minimum absolute atomic E-state index is 0.0666. The van der Waals surface area contributed by atoms with E-state index in [2.05, 4.69) is 4.74 Å². The molecular formula is C12H19NO5S. The first-order chi connectivity index (χ1) is 8.68. The van der Waals surface area contributed by atoms with Gasteiger partial charge in [0.05, 0.1) is 11.5 Å². The Morgan fingerprint density at radius 2 is 1.84 bits per heavy atom. The second kappa shape index (κ2) is 7.88.